The smallest absolute Gasteiger partial charge is 0.151 e. The number of aryl methyl sites for hydroxylation is 1. The number of furan rings is 1. The Bertz CT molecular complexity index is 725. The molecule has 0 fully saturated rings. The second-order valence-electron chi connectivity index (χ2n) is 4.80. The van der Waals surface area contributed by atoms with Crippen LogP contribution in [0.2, 0.25) is 5.02 Å². The molecule has 0 amide bonds. The molecule has 3 rings (SSSR count). The fraction of sp³-hybridized carbons (Fsp3) is 0.267. The highest BCUT2D eigenvalue weighted by Gasteiger charge is 2.16. The molecule has 22 heavy (non-hydrogen) atoms. The Kier molecular flexibility index (Phi) is 4.39. The number of rotatable bonds is 6. The van der Waals surface area contributed by atoms with E-state index in [1.54, 1.807) is 12.5 Å². The quantitative estimate of drug-likeness (QED) is 0.699. The van der Waals surface area contributed by atoms with Gasteiger partial charge < -0.3 is 13.9 Å². The number of imidazole rings is 1. The minimum Gasteiger partial charge on any atom is -0.467 e. The van der Waals surface area contributed by atoms with E-state index in [2.05, 4.69) is 26.4 Å². The normalized spacial score (nSPS) is 10.8. The van der Waals surface area contributed by atoms with Crippen molar-refractivity contribution in [1.29, 1.82) is 0 Å². The Balaban J connectivity index is 1.91. The summed E-state index contributed by atoms with van der Waals surface area (Å²) in [6, 6.07) is 3.80. The zero-order valence-electron chi connectivity index (χ0n) is 12.2. The number of halogens is 1. The molecule has 3 aromatic rings. The van der Waals surface area contributed by atoms with Crippen LogP contribution < -0.4 is 4.90 Å². The molecule has 0 aromatic carbocycles. The van der Waals surface area contributed by atoms with Crippen LogP contribution in [-0.2, 0) is 19.6 Å². The number of anilines is 1. The van der Waals surface area contributed by atoms with Crippen molar-refractivity contribution in [3.8, 4) is 0 Å². The lowest BCUT2D eigenvalue weighted by Gasteiger charge is -2.23. The summed E-state index contributed by atoms with van der Waals surface area (Å²) in [5, 5.41) is 0.511. The average Bonchev–Trinajstić information content (AvgIpc) is 3.18. The van der Waals surface area contributed by atoms with E-state index in [1.807, 2.05) is 29.6 Å². The van der Waals surface area contributed by atoms with Crippen LogP contribution in [0.15, 0.2) is 47.9 Å². The van der Waals surface area contributed by atoms with Gasteiger partial charge in [0.2, 0.25) is 0 Å². The molecule has 0 aliphatic heterocycles. The van der Waals surface area contributed by atoms with Gasteiger partial charge in [0.05, 0.1) is 37.6 Å². The van der Waals surface area contributed by atoms with Gasteiger partial charge in [0.15, 0.2) is 5.82 Å². The van der Waals surface area contributed by atoms with Crippen LogP contribution in [-0.4, -0.2) is 19.5 Å². The first-order chi connectivity index (χ1) is 10.8. The molecule has 0 saturated carbocycles. The molecule has 0 bridgehead atoms. The Labute approximate surface area is 133 Å². The van der Waals surface area contributed by atoms with Gasteiger partial charge >= 0.3 is 0 Å². The van der Waals surface area contributed by atoms with E-state index < -0.39 is 0 Å². The first-order valence-electron chi connectivity index (χ1n) is 6.99. The van der Waals surface area contributed by atoms with Gasteiger partial charge in [-0.15, -0.1) is 0 Å². The summed E-state index contributed by atoms with van der Waals surface area (Å²) in [4.78, 5) is 14.5. The van der Waals surface area contributed by atoms with Crippen molar-refractivity contribution in [1.82, 2.24) is 19.5 Å². The summed E-state index contributed by atoms with van der Waals surface area (Å²) in [6.45, 7) is 4.14. The van der Waals surface area contributed by atoms with E-state index in [-0.39, 0.29) is 0 Å². The van der Waals surface area contributed by atoms with Gasteiger partial charge in [-0.25, -0.2) is 15.0 Å². The second kappa shape index (κ2) is 6.62. The van der Waals surface area contributed by atoms with Crippen molar-refractivity contribution in [2.24, 2.45) is 0 Å². The number of nitrogens with zero attached hydrogens (tertiary/aromatic N) is 5. The zero-order valence-corrected chi connectivity index (χ0v) is 12.9. The van der Waals surface area contributed by atoms with E-state index in [0.29, 0.717) is 23.9 Å². The molecule has 0 saturated heterocycles. The van der Waals surface area contributed by atoms with Crippen molar-refractivity contribution < 1.29 is 4.42 Å². The Morgan fingerprint density at radius 3 is 2.91 bits per heavy atom. The molecule has 0 atom stereocenters. The SMILES string of the molecule is CCn1cncc1CN(Cc1ccco1)c1ncncc1Cl. The number of hydrogen-bond acceptors (Lipinski definition) is 5. The van der Waals surface area contributed by atoms with E-state index in [9.17, 15) is 0 Å². The molecule has 3 aromatic heterocycles. The Hall–Kier alpha value is -2.34. The van der Waals surface area contributed by atoms with Crippen molar-refractivity contribution >= 4 is 17.4 Å². The predicted molar refractivity (Wildman–Crippen MR) is 83.5 cm³/mol. The van der Waals surface area contributed by atoms with Crippen LogP contribution in [0.5, 0.6) is 0 Å². The monoisotopic (exact) mass is 317 g/mol. The first-order valence-corrected chi connectivity index (χ1v) is 7.37. The topological polar surface area (TPSA) is 60.0 Å². The van der Waals surface area contributed by atoms with E-state index in [4.69, 9.17) is 16.0 Å². The molecule has 0 radical (unpaired) electrons. The molecule has 0 spiro atoms. The molecule has 0 unspecified atom stereocenters. The highest BCUT2D eigenvalue weighted by Crippen LogP contribution is 2.25. The fourth-order valence-corrected chi connectivity index (χ4v) is 2.52. The highest BCUT2D eigenvalue weighted by atomic mass is 35.5. The van der Waals surface area contributed by atoms with Gasteiger partial charge in [0, 0.05) is 12.7 Å². The largest absolute Gasteiger partial charge is 0.467 e. The maximum atomic E-state index is 6.25. The van der Waals surface area contributed by atoms with Crippen molar-refractivity contribution in [2.45, 2.75) is 26.6 Å². The lowest BCUT2D eigenvalue weighted by atomic mass is 10.3. The molecule has 3 heterocycles. The Morgan fingerprint density at radius 1 is 1.27 bits per heavy atom. The van der Waals surface area contributed by atoms with Gasteiger partial charge in [-0.05, 0) is 19.1 Å². The number of hydrogen-bond donors (Lipinski definition) is 0. The lowest BCUT2D eigenvalue weighted by molar-refractivity contribution is 0.498. The molecule has 0 N–H and O–H groups in total. The molecular weight excluding hydrogens is 302 g/mol. The molecule has 6 nitrogen and oxygen atoms in total. The predicted octanol–water partition coefficient (Wildman–Crippen LogP) is 3.15. The third-order valence-electron chi connectivity index (χ3n) is 3.37. The minimum absolute atomic E-state index is 0.511. The van der Waals surface area contributed by atoms with Gasteiger partial charge in [0.25, 0.3) is 0 Å². The van der Waals surface area contributed by atoms with Crippen LogP contribution in [0.25, 0.3) is 0 Å². The summed E-state index contributed by atoms with van der Waals surface area (Å²) < 4.78 is 7.54. The van der Waals surface area contributed by atoms with Crippen molar-refractivity contribution in [2.75, 3.05) is 4.90 Å². The van der Waals surface area contributed by atoms with Crippen LogP contribution >= 0.6 is 11.6 Å². The molecule has 0 aliphatic rings. The molecule has 114 valence electrons. The molecule has 0 aliphatic carbocycles. The number of aromatic nitrogens is 4. The third kappa shape index (κ3) is 3.12. The standard InChI is InChI=1S/C15H16ClN5O/c1-2-20-11-18-6-12(20)8-21(9-13-4-3-5-22-13)15-14(16)7-17-10-19-15/h3-7,10-11H,2,8-9H2,1H3. The minimum atomic E-state index is 0.511. The van der Waals surface area contributed by atoms with E-state index in [1.165, 1.54) is 6.33 Å². The van der Waals surface area contributed by atoms with Gasteiger partial charge in [-0.3, -0.25) is 0 Å². The second-order valence-corrected chi connectivity index (χ2v) is 5.21. The van der Waals surface area contributed by atoms with Crippen LogP contribution in [0, 0.1) is 0 Å². The first kappa shape index (κ1) is 14.6. The summed E-state index contributed by atoms with van der Waals surface area (Å²) in [7, 11) is 0. The highest BCUT2D eigenvalue weighted by molar-refractivity contribution is 6.32. The summed E-state index contributed by atoms with van der Waals surface area (Å²) in [6.07, 6.45) is 8.42. The maximum Gasteiger partial charge on any atom is 0.151 e. The van der Waals surface area contributed by atoms with Gasteiger partial charge in [-0.2, -0.15) is 0 Å². The van der Waals surface area contributed by atoms with Crippen LogP contribution in [0.4, 0.5) is 5.82 Å². The molecular formula is C15H16ClN5O. The van der Waals surface area contributed by atoms with E-state index >= 15 is 0 Å². The average molecular weight is 318 g/mol. The lowest BCUT2D eigenvalue weighted by Crippen LogP contribution is -2.24. The van der Waals surface area contributed by atoms with Crippen LogP contribution in [0.1, 0.15) is 18.4 Å². The maximum absolute atomic E-state index is 6.25. The van der Waals surface area contributed by atoms with Crippen molar-refractivity contribution in [3.05, 3.63) is 59.9 Å². The van der Waals surface area contributed by atoms with E-state index in [0.717, 1.165) is 18.0 Å². The Morgan fingerprint density at radius 2 is 2.18 bits per heavy atom. The summed E-state index contributed by atoms with van der Waals surface area (Å²) in [5.74, 6) is 1.52. The fourth-order valence-electron chi connectivity index (χ4n) is 2.30. The van der Waals surface area contributed by atoms with Gasteiger partial charge in [0.1, 0.15) is 17.1 Å². The summed E-state index contributed by atoms with van der Waals surface area (Å²) in [5.41, 5.74) is 1.09. The van der Waals surface area contributed by atoms with Crippen molar-refractivity contribution in [3.63, 3.8) is 0 Å². The summed E-state index contributed by atoms with van der Waals surface area (Å²) >= 11 is 6.25. The third-order valence-corrected chi connectivity index (χ3v) is 3.63. The molecule has 7 heteroatoms. The van der Waals surface area contributed by atoms with Crippen LogP contribution in [0.3, 0.4) is 0 Å². The van der Waals surface area contributed by atoms with Gasteiger partial charge in [-0.1, -0.05) is 11.6 Å². The zero-order chi connectivity index (χ0) is 15.4.